The molecular weight excluding hydrogens is 358 g/mol. The van der Waals surface area contributed by atoms with Crippen molar-refractivity contribution in [3.05, 3.63) is 22.6 Å². The van der Waals surface area contributed by atoms with Crippen molar-refractivity contribution in [2.45, 2.75) is 37.5 Å². The fraction of sp³-hybridized carbons (Fsp3) is 0.571. The number of aryl methyl sites for hydroxylation is 1. The van der Waals surface area contributed by atoms with Gasteiger partial charge in [-0.25, -0.2) is 9.97 Å². The molecule has 0 amide bonds. The van der Waals surface area contributed by atoms with Gasteiger partial charge in [0.25, 0.3) is 0 Å². The summed E-state index contributed by atoms with van der Waals surface area (Å²) in [5.74, 6) is 2.90. The Kier molecular flexibility index (Phi) is 4.29. The van der Waals surface area contributed by atoms with Crippen LogP contribution in [0.25, 0.3) is 11.2 Å². The van der Waals surface area contributed by atoms with Crippen LogP contribution in [0.5, 0.6) is 0 Å². The first-order valence-corrected chi connectivity index (χ1v) is 9.13. The maximum absolute atomic E-state index is 5.93. The first kappa shape index (κ1) is 14.7. The highest BCUT2D eigenvalue weighted by molar-refractivity contribution is 9.10. The molecule has 0 radical (unpaired) electrons. The number of nitrogens with zero attached hydrogens (tertiary/aromatic N) is 3. The molecule has 0 spiro atoms. The Balaban J connectivity index is 2.04. The van der Waals surface area contributed by atoms with Gasteiger partial charge < -0.3 is 4.57 Å². The van der Waals surface area contributed by atoms with E-state index in [1.807, 2.05) is 12.3 Å². The number of imidazole rings is 1. The fourth-order valence-corrected chi connectivity index (χ4v) is 4.55. The number of pyridine rings is 1. The molecule has 1 fully saturated rings. The lowest BCUT2D eigenvalue weighted by Gasteiger charge is -2.24. The minimum absolute atomic E-state index is 0.295. The zero-order valence-electron chi connectivity index (χ0n) is 11.4. The monoisotopic (exact) mass is 373 g/mol. The standard InChI is InChI=1S/C14H17BrClN3S/c1-14(4-2-6-20-14)9-19-12(3-5-16)18-11-7-10(15)8-17-13(11)19/h7-8H,2-6,9H2,1H3. The van der Waals surface area contributed by atoms with Crippen molar-refractivity contribution in [2.75, 3.05) is 11.6 Å². The Morgan fingerprint density at radius 2 is 2.40 bits per heavy atom. The number of fused-ring (bicyclic) bond motifs is 1. The molecule has 20 heavy (non-hydrogen) atoms. The molecule has 1 aliphatic rings. The first-order valence-electron chi connectivity index (χ1n) is 6.82. The van der Waals surface area contributed by atoms with Crippen molar-refractivity contribution in [1.82, 2.24) is 14.5 Å². The maximum Gasteiger partial charge on any atom is 0.160 e. The summed E-state index contributed by atoms with van der Waals surface area (Å²) in [6.45, 7) is 3.31. The van der Waals surface area contributed by atoms with Gasteiger partial charge in [-0.15, -0.1) is 11.6 Å². The average Bonchev–Trinajstić information content (AvgIpc) is 2.96. The topological polar surface area (TPSA) is 30.7 Å². The van der Waals surface area contributed by atoms with E-state index < -0.39 is 0 Å². The molecule has 0 N–H and O–H groups in total. The van der Waals surface area contributed by atoms with Gasteiger partial charge in [0, 0.05) is 34.3 Å². The highest BCUT2D eigenvalue weighted by Crippen LogP contribution is 2.39. The lowest BCUT2D eigenvalue weighted by Crippen LogP contribution is -2.25. The Bertz CT molecular complexity index is 622. The molecule has 0 bridgehead atoms. The van der Waals surface area contributed by atoms with Crippen LogP contribution in [0.2, 0.25) is 0 Å². The number of thioether (sulfide) groups is 1. The molecule has 3 heterocycles. The second-order valence-corrected chi connectivity index (χ2v) is 8.43. The Morgan fingerprint density at radius 3 is 3.10 bits per heavy atom. The van der Waals surface area contributed by atoms with E-state index in [9.17, 15) is 0 Å². The van der Waals surface area contributed by atoms with Gasteiger partial charge in [0.15, 0.2) is 5.65 Å². The van der Waals surface area contributed by atoms with Crippen molar-refractivity contribution in [3.8, 4) is 0 Å². The van der Waals surface area contributed by atoms with E-state index in [-0.39, 0.29) is 0 Å². The van der Waals surface area contributed by atoms with E-state index in [0.29, 0.717) is 10.6 Å². The van der Waals surface area contributed by atoms with E-state index in [0.717, 1.165) is 34.4 Å². The molecular formula is C14H17BrClN3S. The summed E-state index contributed by atoms with van der Waals surface area (Å²) in [5, 5.41) is 0. The minimum atomic E-state index is 0.295. The summed E-state index contributed by atoms with van der Waals surface area (Å²) in [5.41, 5.74) is 1.92. The molecule has 3 rings (SSSR count). The molecule has 0 saturated carbocycles. The molecule has 108 valence electrons. The molecule has 0 aliphatic carbocycles. The highest BCUT2D eigenvalue weighted by Gasteiger charge is 2.31. The second kappa shape index (κ2) is 5.85. The summed E-state index contributed by atoms with van der Waals surface area (Å²) >= 11 is 11.5. The quantitative estimate of drug-likeness (QED) is 0.749. The van der Waals surface area contributed by atoms with Gasteiger partial charge in [-0.1, -0.05) is 0 Å². The zero-order chi connectivity index (χ0) is 14.2. The van der Waals surface area contributed by atoms with Crippen molar-refractivity contribution >= 4 is 50.5 Å². The highest BCUT2D eigenvalue weighted by atomic mass is 79.9. The molecule has 2 aromatic rings. The molecule has 1 aliphatic heterocycles. The van der Waals surface area contributed by atoms with E-state index >= 15 is 0 Å². The van der Waals surface area contributed by atoms with E-state index in [1.54, 1.807) is 0 Å². The molecule has 2 aromatic heterocycles. The van der Waals surface area contributed by atoms with Crippen LogP contribution in [0.15, 0.2) is 16.7 Å². The van der Waals surface area contributed by atoms with E-state index in [1.165, 1.54) is 18.6 Å². The van der Waals surface area contributed by atoms with Crippen molar-refractivity contribution in [1.29, 1.82) is 0 Å². The predicted octanol–water partition coefficient (Wildman–Crippen LogP) is 4.26. The summed E-state index contributed by atoms with van der Waals surface area (Å²) in [6.07, 6.45) is 5.19. The lowest BCUT2D eigenvalue weighted by atomic mass is 10.1. The smallest absolute Gasteiger partial charge is 0.160 e. The minimum Gasteiger partial charge on any atom is -0.311 e. The lowest BCUT2D eigenvalue weighted by molar-refractivity contribution is 0.505. The van der Waals surface area contributed by atoms with Gasteiger partial charge in [0.2, 0.25) is 0 Å². The fourth-order valence-electron chi connectivity index (χ4n) is 2.77. The number of halogens is 2. The van der Waals surface area contributed by atoms with Crippen LogP contribution >= 0.6 is 39.3 Å². The largest absolute Gasteiger partial charge is 0.311 e. The Morgan fingerprint density at radius 1 is 1.55 bits per heavy atom. The molecule has 1 saturated heterocycles. The van der Waals surface area contributed by atoms with Crippen LogP contribution in [0.1, 0.15) is 25.6 Å². The van der Waals surface area contributed by atoms with Crippen LogP contribution in [-0.4, -0.2) is 30.9 Å². The molecule has 6 heteroatoms. The Labute approximate surface area is 136 Å². The van der Waals surface area contributed by atoms with E-state index in [2.05, 4.69) is 44.2 Å². The number of hydrogen-bond donors (Lipinski definition) is 0. The summed E-state index contributed by atoms with van der Waals surface area (Å²) in [4.78, 5) is 9.27. The number of rotatable bonds is 4. The van der Waals surface area contributed by atoms with Crippen molar-refractivity contribution in [2.24, 2.45) is 0 Å². The van der Waals surface area contributed by atoms with Gasteiger partial charge in [-0.05, 0) is 47.5 Å². The molecule has 1 atom stereocenters. The number of aromatic nitrogens is 3. The van der Waals surface area contributed by atoms with Crippen LogP contribution in [0, 0.1) is 0 Å². The van der Waals surface area contributed by atoms with E-state index in [4.69, 9.17) is 16.6 Å². The first-order chi connectivity index (χ1) is 9.61. The zero-order valence-corrected chi connectivity index (χ0v) is 14.6. The van der Waals surface area contributed by atoms with Gasteiger partial charge in [0.05, 0.1) is 0 Å². The molecule has 1 unspecified atom stereocenters. The summed E-state index contributed by atoms with van der Waals surface area (Å²) < 4.78 is 3.53. The average molecular weight is 375 g/mol. The normalized spacial score (nSPS) is 22.8. The van der Waals surface area contributed by atoms with Gasteiger partial charge in [0.1, 0.15) is 11.3 Å². The maximum atomic E-state index is 5.93. The van der Waals surface area contributed by atoms with Crippen LogP contribution in [-0.2, 0) is 13.0 Å². The molecule has 3 nitrogen and oxygen atoms in total. The number of hydrogen-bond acceptors (Lipinski definition) is 3. The molecule has 0 aromatic carbocycles. The number of alkyl halides is 1. The third-order valence-corrected chi connectivity index (χ3v) is 5.89. The van der Waals surface area contributed by atoms with Crippen LogP contribution in [0.4, 0.5) is 0 Å². The third kappa shape index (κ3) is 2.85. The van der Waals surface area contributed by atoms with Gasteiger partial charge >= 0.3 is 0 Å². The SMILES string of the molecule is CC1(Cn2c(CCCl)nc3cc(Br)cnc32)CCCS1. The third-order valence-electron chi connectivity index (χ3n) is 3.74. The van der Waals surface area contributed by atoms with Crippen LogP contribution in [0.3, 0.4) is 0 Å². The van der Waals surface area contributed by atoms with Crippen molar-refractivity contribution in [3.63, 3.8) is 0 Å². The van der Waals surface area contributed by atoms with Gasteiger partial charge in [-0.2, -0.15) is 11.8 Å². The van der Waals surface area contributed by atoms with Crippen LogP contribution < -0.4 is 0 Å². The second-order valence-electron chi connectivity index (χ2n) is 5.45. The predicted molar refractivity (Wildman–Crippen MR) is 89.7 cm³/mol. The summed E-state index contributed by atoms with van der Waals surface area (Å²) in [6, 6.07) is 2.03. The van der Waals surface area contributed by atoms with Gasteiger partial charge in [-0.3, -0.25) is 0 Å². The summed E-state index contributed by atoms with van der Waals surface area (Å²) in [7, 11) is 0. The Hall–Kier alpha value is -0.260. The van der Waals surface area contributed by atoms with Crippen molar-refractivity contribution < 1.29 is 0 Å².